The number of carbonyl (C=O) groups excluding carboxylic acids is 2. The summed E-state index contributed by atoms with van der Waals surface area (Å²) in [6, 6.07) is 8.90. The van der Waals surface area contributed by atoms with E-state index in [0.717, 1.165) is 5.69 Å². The molecule has 0 saturated heterocycles. The third kappa shape index (κ3) is 5.62. The Morgan fingerprint density at radius 1 is 1.24 bits per heavy atom. The third-order valence-corrected chi connectivity index (χ3v) is 3.10. The van der Waals surface area contributed by atoms with Crippen molar-refractivity contribution < 1.29 is 19.2 Å². The Morgan fingerprint density at radius 2 is 2.05 bits per heavy atom. The molecular weight excluding hydrogens is 292 g/mol. The van der Waals surface area contributed by atoms with Crippen LogP contribution in [0.25, 0.3) is 0 Å². The first-order chi connectivity index (χ1) is 10.2. The van der Waals surface area contributed by atoms with Crippen LogP contribution >= 0.6 is 11.3 Å². The molecule has 21 heavy (non-hydrogen) atoms. The van der Waals surface area contributed by atoms with E-state index in [1.807, 2.05) is 11.4 Å². The number of para-hydroxylation sites is 1. The predicted molar refractivity (Wildman–Crippen MR) is 76.6 cm³/mol. The van der Waals surface area contributed by atoms with Crippen LogP contribution in [-0.4, -0.2) is 23.5 Å². The van der Waals surface area contributed by atoms with Gasteiger partial charge in [0, 0.05) is 11.8 Å². The summed E-state index contributed by atoms with van der Waals surface area (Å²) in [4.78, 5) is 31.5. The maximum Gasteiger partial charge on any atom is 0.332 e. The monoisotopic (exact) mass is 306 g/mol. The molecule has 0 unspecified atom stereocenters. The molecule has 1 aromatic heterocycles. The Balaban J connectivity index is 1.61. The van der Waals surface area contributed by atoms with Gasteiger partial charge in [-0.2, -0.15) is 5.48 Å². The van der Waals surface area contributed by atoms with Gasteiger partial charge in [0.05, 0.1) is 17.6 Å². The van der Waals surface area contributed by atoms with E-state index in [2.05, 4.69) is 15.3 Å². The summed E-state index contributed by atoms with van der Waals surface area (Å²) in [5.74, 6) is -0.473. The molecule has 0 bridgehead atoms. The van der Waals surface area contributed by atoms with Crippen LogP contribution in [0.1, 0.15) is 12.1 Å². The van der Waals surface area contributed by atoms with Crippen molar-refractivity contribution >= 4 is 23.2 Å². The summed E-state index contributed by atoms with van der Waals surface area (Å²) in [7, 11) is 0. The molecule has 0 aliphatic carbocycles. The Bertz CT molecular complexity index is 572. The second kappa shape index (κ2) is 8.01. The summed E-state index contributed by atoms with van der Waals surface area (Å²) in [6.07, 6.45) is 0.641. The highest BCUT2D eigenvalue weighted by Gasteiger charge is 2.08. The van der Waals surface area contributed by atoms with E-state index in [4.69, 9.17) is 4.74 Å². The van der Waals surface area contributed by atoms with E-state index in [-0.39, 0.29) is 13.0 Å². The molecule has 1 heterocycles. The molecule has 1 aromatic carbocycles. The molecule has 6 nitrogen and oxygen atoms in total. The van der Waals surface area contributed by atoms with Crippen LogP contribution in [0.15, 0.2) is 41.2 Å². The standard InChI is InChI=1S/C14H14N2O4S/c17-13(8-19-12-4-2-1-3-5-12)16-20-14(18)7-6-11-9-21-10-15-11/h1-5,9-10H,6-8H2,(H,16,17). The number of thiazole rings is 1. The molecule has 2 rings (SSSR count). The summed E-state index contributed by atoms with van der Waals surface area (Å²) < 4.78 is 5.21. The Morgan fingerprint density at radius 3 is 2.76 bits per heavy atom. The van der Waals surface area contributed by atoms with Crippen molar-refractivity contribution in [2.45, 2.75) is 12.8 Å². The third-order valence-electron chi connectivity index (χ3n) is 2.46. The van der Waals surface area contributed by atoms with Crippen molar-refractivity contribution in [2.24, 2.45) is 0 Å². The normalized spacial score (nSPS) is 9.90. The lowest BCUT2D eigenvalue weighted by Crippen LogP contribution is -2.31. The minimum Gasteiger partial charge on any atom is -0.484 e. The molecule has 0 radical (unpaired) electrons. The maximum absolute atomic E-state index is 11.4. The summed E-state index contributed by atoms with van der Waals surface area (Å²) >= 11 is 1.46. The number of aryl methyl sites for hydroxylation is 1. The molecule has 1 amide bonds. The van der Waals surface area contributed by atoms with Gasteiger partial charge in [0.15, 0.2) is 6.61 Å². The molecular formula is C14H14N2O4S. The van der Waals surface area contributed by atoms with Crippen molar-refractivity contribution in [3.8, 4) is 5.75 Å². The van der Waals surface area contributed by atoms with Crippen LogP contribution in [0, 0.1) is 0 Å². The minimum absolute atomic E-state index is 0.156. The van der Waals surface area contributed by atoms with Gasteiger partial charge in [-0.25, -0.2) is 9.78 Å². The zero-order valence-corrected chi connectivity index (χ0v) is 12.0. The number of rotatable bonds is 6. The average molecular weight is 306 g/mol. The largest absolute Gasteiger partial charge is 0.484 e. The van der Waals surface area contributed by atoms with Gasteiger partial charge in [-0.1, -0.05) is 18.2 Å². The van der Waals surface area contributed by atoms with E-state index in [1.165, 1.54) is 11.3 Å². The molecule has 110 valence electrons. The Labute approximate surface area is 125 Å². The second-order valence-corrected chi connectivity index (χ2v) is 4.80. The number of hydroxylamine groups is 1. The summed E-state index contributed by atoms with van der Waals surface area (Å²) in [6.45, 7) is -0.219. The fourth-order valence-corrected chi connectivity index (χ4v) is 2.04. The van der Waals surface area contributed by atoms with Crippen LogP contribution in [-0.2, 0) is 20.8 Å². The van der Waals surface area contributed by atoms with Crippen LogP contribution in [0.2, 0.25) is 0 Å². The lowest BCUT2D eigenvalue weighted by Gasteiger charge is -2.07. The molecule has 1 N–H and O–H groups in total. The number of hydrogen-bond acceptors (Lipinski definition) is 6. The van der Waals surface area contributed by atoms with Gasteiger partial charge in [-0.3, -0.25) is 4.79 Å². The molecule has 2 aromatic rings. The van der Waals surface area contributed by atoms with Crippen LogP contribution in [0.4, 0.5) is 0 Å². The fourth-order valence-electron chi connectivity index (χ4n) is 1.45. The van der Waals surface area contributed by atoms with E-state index >= 15 is 0 Å². The van der Waals surface area contributed by atoms with E-state index in [0.29, 0.717) is 12.2 Å². The van der Waals surface area contributed by atoms with Crippen molar-refractivity contribution in [1.29, 1.82) is 0 Å². The van der Waals surface area contributed by atoms with Gasteiger partial charge in [0.1, 0.15) is 5.75 Å². The first-order valence-corrected chi connectivity index (χ1v) is 7.22. The molecule has 0 aliphatic rings. The van der Waals surface area contributed by atoms with Crippen molar-refractivity contribution in [3.63, 3.8) is 0 Å². The van der Waals surface area contributed by atoms with Gasteiger partial charge >= 0.3 is 5.97 Å². The molecule has 7 heteroatoms. The zero-order valence-electron chi connectivity index (χ0n) is 11.2. The topological polar surface area (TPSA) is 77.5 Å². The van der Waals surface area contributed by atoms with Crippen molar-refractivity contribution in [3.05, 3.63) is 46.9 Å². The highest BCUT2D eigenvalue weighted by Crippen LogP contribution is 2.07. The first-order valence-electron chi connectivity index (χ1n) is 6.27. The number of nitrogens with one attached hydrogen (secondary N) is 1. The SMILES string of the molecule is O=C(COc1ccccc1)NOC(=O)CCc1cscn1. The Kier molecular flexibility index (Phi) is 5.71. The van der Waals surface area contributed by atoms with Crippen LogP contribution < -0.4 is 10.2 Å². The number of hydrogen-bond donors (Lipinski definition) is 1. The van der Waals surface area contributed by atoms with Gasteiger partial charge in [0.2, 0.25) is 0 Å². The van der Waals surface area contributed by atoms with Gasteiger partial charge in [0.25, 0.3) is 5.91 Å². The number of ether oxygens (including phenoxy) is 1. The lowest BCUT2D eigenvalue weighted by atomic mass is 10.2. The van der Waals surface area contributed by atoms with Crippen molar-refractivity contribution in [2.75, 3.05) is 6.61 Å². The quantitative estimate of drug-likeness (QED) is 0.822. The molecule has 0 saturated carbocycles. The number of carbonyl (C=O) groups is 2. The minimum atomic E-state index is -0.527. The van der Waals surface area contributed by atoms with Crippen LogP contribution in [0.3, 0.4) is 0 Å². The number of aromatic nitrogens is 1. The summed E-state index contributed by atoms with van der Waals surface area (Å²) in [5, 5.41) is 1.86. The molecule has 0 spiro atoms. The van der Waals surface area contributed by atoms with Gasteiger partial charge in [-0.05, 0) is 12.1 Å². The highest BCUT2D eigenvalue weighted by molar-refractivity contribution is 7.07. The first kappa shape index (κ1) is 15.0. The van der Waals surface area contributed by atoms with Gasteiger partial charge in [-0.15, -0.1) is 11.3 Å². The smallest absolute Gasteiger partial charge is 0.332 e. The van der Waals surface area contributed by atoms with E-state index in [9.17, 15) is 9.59 Å². The Hall–Kier alpha value is -2.41. The zero-order chi connectivity index (χ0) is 14.9. The second-order valence-electron chi connectivity index (χ2n) is 4.08. The molecule has 0 fully saturated rings. The van der Waals surface area contributed by atoms with Gasteiger partial charge < -0.3 is 9.57 Å². The number of amides is 1. The molecule has 0 atom stereocenters. The highest BCUT2D eigenvalue weighted by atomic mass is 32.1. The van der Waals surface area contributed by atoms with Crippen LogP contribution in [0.5, 0.6) is 5.75 Å². The lowest BCUT2D eigenvalue weighted by molar-refractivity contribution is -0.158. The molecule has 0 aliphatic heterocycles. The van der Waals surface area contributed by atoms with E-state index < -0.39 is 11.9 Å². The van der Waals surface area contributed by atoms with Crippen molar-refractivity contribution in [1.82, 2.24) is 10.5 Å². The number of nitrogens with zero attached hydrogens (tertiary/aromatic N) is 1. The predicted octanol–water partition coefficient (Wildman–Crippen LogP) is 1.73. The average Bonchev–Trinajstić information content (AvgIpc) is 3.03. The maximum atomic E-state index is 11.4. The summed E-state index contributed by atoms with van der Waals surface area (Å²) in [5.41, 5.74) is 4.58. The number of benzene rings is 1. The van der Waals surface area contributed by atoms with E-state index in [1.54, 1.807) is 29.8 Å². The fraction of sp³-hybridized carbons (Fsp3) is 0.214.